The van der Waals surface area contributed by atoms with Gasteiger partial charge in [0.2, 0.25) is 5.75 Å². The lowest BCUT2D eigenvalue weighted by Crippen LogP contribution is -2.38. The summed E-state index contributed by atoms with van der Waals surface area (Å²) in [6, 6.07) is 3.80. The van der Waals surface area contributed by atoms with Crippen LogP contribution in [0.5, 0.6) is 17.2 Å². The number of aliphatic imine (C=N–C) groups is 1. The third-order valence-corrected chi connectivity index (χ3v) is 5.37. The summed E-state index contributed by atoms with van der Waals surface area (Å²) in [7, 11) is 4.82. The van der Waals surface area contributed by atoms with Crippen LogP contribution in [0, 0.1) is 13.8 Å². The Kier molecular flexibility index (Phi) is 11.1. The fourth-order valence-corrected chi connectivity index (χ4v) is 3.66. The standard InChI is InChI=1S/C20H30N4O3S.HI/c1-7-21-20(22-11-10-17-24-13(2)14(3)28-17)23-12-15-8-9-16(25-4)19(27-6)18(15)26-5;/h8-9H,7,10-12H2,1-6H3,(H2,21,22,23);1H. The highest BCUT2D eigenvalue weighted by Gasteiger charge is 2.15. The first-order valence-corrected chi connectivity index (χ1v) is 10.1. The van der Waals surface area contributed by atoms with Crippen LogP contribution in [0.4, 0.5) is 0 Å². The number of aryl methyl sites for hydroxylation is 2. The number of aromatic nitrogens is 1. The van der Waals surface area contributed by atoms with Crippen LogP contribution in [-0.2, 0) is 13.0 Å². The van der Waals surface area contributed by atoms with Crippen LogP contribution in [0.25, 0.3) is 0 Å². The molecule has 0 spiro atoms. The first kappa shape index (κ1) is 25.3. The molecule has 29 heavy (non-hydrogen) atoms. The summed E-state index contributed by atoms with van der Waals surface area (Å²) in [5, 5.41) is 7.77. The van der Waals surface area contributed by atoms with Gasteiger partial charge in [-0.2, -0.15) is 0 Å². The highest BCUT2D eigenvalue weighted by atomic mass is 127. The van der Waals surface area contributed by atoms with Crippen molar-refractivity contribution < 1.29 is 14.2 Å². The molecule has 0 radical (unpaired) electrons. The molecule has 0 fully saturated rings. The Morgan fingerprint density at radius 3 is 2.34 bits per heavy atom. The van der Waals surface area contributed by atoms with E-state index in [1.165, 1.54) is 4.88 Å². The Morgan fingerprint density at radius 2 is 1.79 bits per heavy atom. The van der Waals surface area contributed by atoms with E-state index >= 15 is 0 Å². The maximum atomic E-state index is 5.53. The first-order valence-electron chi connectivity index (χ1n) is 9.26. The molecule has 0 aliphatic rings. The van der Waals surface area contributed by atoms with Gasteiger partial charge in [-0.05, 0) is 32.9 Å². The van der Waals surface area contributed by atoms with Crippen LogP contribution < -0.4 is 24.8 Å². The average Bonchev–Trinajstić information content (AvgIpc) is 3.02. The molecule has 1 heterocycles. The van der Waals surface area contributed by atoms with Crippen LogP contribution in [0.15, 0.2) is 17.1 Å². The molecule has 0 aliphatic heterocycles. The Hall–Kier alpha value is -1.75. The molecule has 162 valence electrons. The molecular weight excluding hydrogens is 503 g/mol. The Balaban J connectivity index is 0.00000420. The van der Waals surface area contributed by atoms with Gasteiger partial charge in [-0.25, -0.2) is 9.98 Å². The number of ether oxygens (including phenoxy) is 3. The van der Waals surface area contributed by atoms with Crippen molar-refractivity contribution in [2.75, 3.05) is 34.4 Å². The van der Waals surface area contributed by atoms with Gasteiger partial charge in [-0.3, -0.25) is 0 Å². The van der Waals surface area contributed by atoms with Crippen LogP contribution in [-0.4, -0.2) is 45.4 Å². The lowest BCUT2D eigenvalue weighted by atomic mass is 10.1. The van der Waals surface area contributed by atoms with Crippen molar-refractivity contribution in [1.82, 2.24) is 15.6 Å². The number of halogens is 1. The van der Waals surface area contributed by atoms with Crippen LogP contribution in [0.3, 0.4) is 0 Å². The van der Waals surface area contributed by atoms with Crippen molar-refractivity contribution in [3.05, 3.63) is 33.3 Å². The molecule has 2 aromatic rings. The van der Waals surface area contributed by atoms with Gasteiger partial charge in [-0.1, -0.05) is 0 Å². The molecule has 0 saturated carbocycles. The molecule has 0 aliphatic carbocycles. The number of benzene rings is 1. The molecule has 0 atom stereocenters. The summed E-state index contributed by atoms with van der Waals surface area (Å²) >= 11 is 1.75. The molecule has 2 rings (SSSR count). The molecule has 0 saturated heterocycles. The smallest absolute Gasteiger partial charge is 0.203 e. The fourth-order valence-electron chi connectivity index (χ4n) is 2.73. The minimum Gasteiger partial charge on any atom is -0.493 e. The van der Waals surface area contributed by atoms with Crippen molar-refractivity contribution in [2.45, 2.75) is 33.7 Å². The van der Waals surface area contributed by atoms with Crippen molar-refractivity contribution in [3.63, 3.8) is 0 Å². The monoisotopic (exact) mass is 534 g/mol. The van der Waals surface area contributed by atoms with Gasteiger partial charge in [0.15, 0.2) is 17.5 Å². The maximum absolute atomic E-state index is 5.53. The second kappa shape index (κ2) is 12.7. The molecule has 0 bridgehead atoms. The van der Waals surface area contributed by atoms with E-state index in [1.54, 1.807) is 32.7 Å². The van der Waals surface area contributed by atoms with Crippen molar-refractivity contribution in [2.24, 2.45) is 4.99 Å². The summed E-state index contributed by atoms with van der Waals surface area (Å²) in [5.41, 5.74) is 2.03. The Morgan fingerprint density at radius 1 is 1.07 bits per heavy atom. The summed E-state index contributed by atoms with van der Waals surface area (Å²) in [4.78, 5) is 10.5. The number of rotatable bonds is 9. The second-order valence-corrected chi connectivity index (χ2v) is 7.40. The maximum Gasteiger partial charge on any atom is 0.203 e. The molecule has 1 aromatic carbocycles. The molecule has 2 N–H and O–H groups in total. The predicted molar refractivity (Wildman–Crippen MR) is 130 cm³/mol. The summed E-state index contributed by atoms with van der Waals surface area (Å²) < 4.78 is 16.3. The lowest BCUT2D eigenvalue weighted by molar-refractivity contribution is 0.322. The molecule has 7 nitrogen and oxygen atoms in total. The molecule has 0 unspecified atom stereocenters. The fraction of sp³-hybridized carbons (Fsp3) is 0.500. The van der Waals surface area contributed by atoms with E-state index in [9.17, 15) is 0 Å². The third-order valence-electron chi connectivity index (χ3n) is 4.24. The summed E-state index contributed by atoms with van der Waals surface area (Å²) in [5.74, 6) is 2.59. The second-order valence-electron chi connectivity index (χ2n) is 6.11. The topological polar surface area (TPSA) is 77.0 Å². The normalized spacial score (nSPS) is 10.9. The van der Waals surface area contributed by atoms with E-state index in [0.717, 1.165) is 41.7 Å². The number of nitrogens with one attached hydrogen (secondary N) is 2. The van der Waals surface area contributed by atoms with Gasteiger partial charge in [0, 0.05) is 30.0 Å². The van der Waals surface area contributed by atoms with E-state index < -0.39 is 0 Å². The van der Waals surface area contributed by atoms with Gasteiger partial charge in [-0.15, -0.1) is 35.3 Å². The number of thiazole rings is 1. The van der Waals surface area contributed by atoms with E-state index in [-0.39, 0.29) is 24.0 Å². The SMILES string of the molecule is CCNC(=NCc1ccc(OC)c(OC)c1OC)NCCc1nc(C)c(C)s1.I. The zero-order chi connectivity index (χ0) is 20.5. The first-order chi connectivity index (χ1) is 13.5. The Bertz CT molecular complexity index is 792. The zero-order valence-corrected chi connectivity index (χ0v) is 21.1. The quantitative estimate of drug-likeness (QED) is 0.290. The predicted octanol–water partition coefficient (Wildman–Crippen LogP) is 3.70. The van der Waals surface area contributed by atoms with Gasteiger partial charge in [0.05, 0.1) is 38.6 Å². The van der Waals surface area contributed by atoms with Crippen LogP contribution in [0.1, 0.15) is 28.1 Å². The van der Waals surface area contributed by atoms with Crippen molar-refractivity contribution in [3.8, 4) is 17.2 Å². The average molecular weight is 534 g/mol. The molecule has 9 heteroatoms. The van der Waals surface area contributed by atoms with Gasteiger partial charge in [0.1, 0.15) is 0 Å². The van der Waals surface area contributed by atoms with Gasteiger partial charge >= 0.3 is 0 Å². The number of nitrogens with zero attached hydrogens (tertiary/aromatic N) is 2. The third kappa shape index (κ3) is 6.91. The van der Waals surface area contributed by atoms with E-state index in [2.05, 4.69) is 27.5 Å². The minimum absolute atomic E-state index is 0. The number of guanidine groups is 1. The zero-order valence-electron chi connectivity index (χ0n) is 17.9. The highest BCUT2D eigenvalue weighted by molar-refractivity contribution is 14.0. The van der Waals surface area contributed by atoms with Crippen molar-refractivity contribution in [1.29, 1.82) is 0 Å². The largest absolute Gasteiger partial charge is 0.493 e. The lowest BCUT2D eigenvalue weighted by Gasteiger charge is -2.15. The molecule has 1 aromatic heterocycles. The van der Waals surface area contributed by atoms with E-state index in [1.807, 2.05) is 26.0 Å². The van der Waals surface area contributed by atoms with Crippen LogP contribution >= 0.6 is 35.3 Å². The van der Waals surface area contributed by atoms with E-state index in [4.69, 9.17) is 14.2 Å². The molecular formula is C20H31IN4O3S. The van der Waals surface area contributed by atoms with Crippen molar-refractivity contribution >= 4 is 41.3 Å². The number of methoxy groups -OCH3 is 3. The Labute approximate surface area is 194 Å². The van der Waals surface area contributed by atoms with Crippen LogP contribution in [0.2, 0.25) is 0 Å². The van der Waals surface area contributed by atoms with Gasteiger partial charge in [0.25, 0.3) is 0 Å². The summed E-state index contributed by atoms with van der Waals surface area (Å²) in [6.45, 7) is 8.19. The minimum atomic E-state index is 0. The number of hydrogen-bond donors (Lipinski definition) is 2. The number of hydrogen-bond acceptors (Lipinski definition) is 6. The van der Waals surface area contributed by atoms with E-state index in [0.29, 0.717) is 23.8 Å². The summed E-state index contributed by atoms with van der Waals surface area (Å²) in [6.07, 6.45) is 0.865. The molecule has 0 amide bonds. The van der Waals surface area contributed by atoms with Gasteiger partial charge < -0.3 is 24.8 Å². The highest BCUT2D eigenvalue weighted by Crippen LogP contribution is 2.39.